The van der Waals surface area contributed by atoms with Crippen LogP contribution in [0.25, 0.3) is 0 Å². The molecule has 2 unspecified atom stereocenters. The van der Waals surface area contributed by atoms with Crippen LogP contribution in [0.2, 0.25) is 72.5 Å². The van der Waals surface area contributed by atoms with Gasteiger partial charge in [0.15, 0.2) is 33.3 Å². The van der Waals surface area contributed by atoms with Crippen molar-refractivity contribution in [3.63, 3.8) is 0 Å². The zero-order valence-corrected chi connectivity index (χ0v) is 45.1. The monoisotopic (exact) mass is 889 g/mol. The SMILES string of the molecule is CC(C)(CCCN(CCCCC1NC(=O)C(CCCCN(CCCC(C)(C)[Si](C)(C)O)CCO[Si](C)(C)C(C)(C)C)NC1=O)CCCC(C)(C)[Si](C)(C)O)[Si](C)(C)O. The highest BCUT2D eigenvalue weighted by Gasteiger charge is 2.40. The predicted molar refractivity (Wildman–Crippen MR) is 257 cm³/mol. The molecule has 2 amide bonds. The molecule has 10 nitrogen and oxygen atoms in total. The van der Waals surface area contributed by atoms with Crippen molar-refractivity contribution in [1.82, 2.24) is 20.4 Å². The highest BCUT2D eigenvalue weighted by Crippen LogP contribution is 2.42. The average Bonchev–Trinajstić information content (AvgIpc) is 3.03. The lowest BCUT2D eigenvalue weighted by Gasteiger charge is -2.37. The second kappa shape index (κ2) is 22.8. The van der Waals surface area contributed by atoms with E-state index in [2.05, 4.69) is 95.8 Å². The number of amides is 2. The van der Waals surface area contributed by atoms with Crippen molar-refractivity contribution in [3.05, 3.63) is 0 Å². The van der Waals surface area contributed by atoms with Crippen LogP contribution in [0.15, 0.2) is 0 Å². The van der Waals surface area contributed by atoms with Crippen LogP contribution in [0.4, 0.5) is 0 Å². The van der Waals surface area contributed by atoms with Gasteiger partial charge in [-0.15, -0.1) is 0 Å². The number of nitrogens with one attached hydrogen (secondary N) is 2. The molecule has 1 aliphatic rings. The summed E-state index contributed by atoms with van der Waals surface area (Å²) in [7, 11) is -8.63. The summed E-state index contributed by atoms with van der Waals surface area (Å²) < 4.78 is 6.53. The summed E-state index contributed by atoms with van der Waals surface area (Å²) in [6.45, 7) is 43.1. The summed E-state index contributed by atoms with van der Waals surface area (Å²) in [5.41, 5.74) is 0. The van der Waals surface area contributed by atoms with Gasteiger partial charge in [-0.3, -0.25) is 9.59 Å². The molecule has 0 bridgehead atoms. The van der Waals surface area contributed by atoms with E-state index in [9.17, 15) is 24.0 Å². The van der Waals surface area contributed by atoms with Gasteiger partial charge in [0.25, 0.3) is 0 Å². The highest BCUT2D eigenvalue weighted by atomic mass is 28.4. The van der Waals surface area contributed by atoms with Crippen molar-refractivity contribution in [2.45, 2.75) is 224 Å². The van der Waals surface area contributed by atoms with Crippen LogP contribution >= 0.6 is 0 Å². The van der Waals surface area contributed by atoms with Crippen molar-refractivity contribution in [3.8, 4) is 0 Å². The first-order valence-corrected chi connectivity index (χ1v) is 34.8. The first kappa shape index (κ1) is 55.6. The molecule has 0 aromatic heterocycles. The average molecular weight is 890 g/mol. The lowest BCUT2D eigenvalue weighted by atomic mass is 10.0. The van der Waals surface area contributed by atoms with Crippen LogP contribution < -0.4 is 10.6 Å². The van der Waals surface area contributed by atoms with Gasteiger partial charge in [0.1, 0.15) is 12.1 Å². The van der Waals surface area contributed by atoms with Gasteiger partial charge in [0, 0.05) is 13.2 Å². The second-order valence-electron chi connectivity index (χ2n) is 23.0. The van der Waals surface area contributed by atoms with Crippen molar-refractivity contribution >= 4 is 45.1 Å². The van der Waals surface area contributed by atoms with E-state index in [0.717, 1.165) is 103 Å². The van der Waals surface area contributed by atoms with Gasteiger partial charge < -0.3 is 39.2 Å². The predicted octanol–water partition coefficient (Wildman–Crippen LogP) is 9.21. The Kier molecular flexibility index (Phi) is 21.8. The summed E-state index contributed by atoms with van der Waals surface area (Å²) in [6, 6.07) is -0.973. The molecule has 58 heavy (non-hydrogen) atoms. The molecule has 0 radical (unpaired) electrons. The number of carbonyl (C=O) groups excluding carboxylic acids is 2. The third-order valence-corrected chi connectivity index (χ3v) is 30.4. The van der Waals surface area contributed by atoms with Gasteiger partial charge in [0.05, 0.1) is 0 Å². The van der Waals surface area contributed by atoms with E-state index in [4.69, 9.17) is 4.43 Å². The topological polar surface area (TPSA) is 135 Å². The Morgan fingerprint density at radius 1 is 0.500 bits per heavy atom. The Bertz CT molecular complexity index is 1080. The summed E-state index contributed by atoms with van der Waals surface area (Å²) >= 11 is 0. The van der Waals surface area contributed by atoms with Gasteiger partial charge >= 0.3 is 0 Å². The molecule has 344 valence electrons. The van der Waals surface area contributed by atoms with Gasteiger partial charge in [-0.25, -0.2) is 0 Å². The van der Waals surface area contributed by atoms with E-state index < -0.39 is 45.4 Å². The van der Waals surface area contributed by atoms with Crippen molar-refractivity contribution in [2.24, 2.45) is 0 Å². The summed E-state index contributed by atoms with van der Waals surface area (Å²) in [5, 5.41) is 6.12. The van der Waals surface area contributed by atoms with E-state index in [1.165, 1.54) is 0 Å². The summed E-state index contributed by atoms with van der Waals surface area (Å²) in [6.07, 6.45) is 10.9. The fourth-order valence-corrected chi connectivity index (χ4v) is 10.3. The molecule has 14 heteroatoms. The standard InChI is InChI=1S/C44H96N4O6Si4/c1-41(2,3)58(16,17)54-36-35-48(34-24-29-44(8,9)57(14,15)53)31-21-19-26-38-40(50)45-37(39(49)46-38)25-18-20-30-47(32-22-27-42(4,5)55(10,11)51)33-23-28-43(6,7)56(12,13)52/h37-38,51-53H,18-36H2,1-17H3,(H,45,50)(H,46,49). The van der Waals surface area contributed by atoms with Crippen molar-refractivity contribution in [1.29, 1.82) is 0 Å². The number of carbonyl (C=O) groups is 2. The molecule has 1 aliphatic heterocycles. The molecule has 0 spiro atoms. The van der Waals surface area contributed by atoms with Gasteiger partial charge in [-0.1, -0.05) is 62.3 Å². The third-order valence-electron chi connectivity index (χ3n) is 15.2. The van der Waals surface area contributed by atoms with Crippen LogP contribution in [0, 0.1) is 0 Å². The largest absolute Gasteiger partial charge is 0.432 e. The van der Waals surface area contributed by atoms with Crippen LogP contribution in [-0.4, -0.2) is 127 Å². The Morgan fingerprint density at radius 3 is 1.09 bits per heavy atom. The number of hydrogen-bond donors (Lipinski definition) is 5. The van der Waals surface area contributed by atoms with Crippen molar-refractivity contribution in [2.75, 3.05) is 45.9 Å². The van der Waals surface area contributed by atoms with Gasteiger partial charge in [-0.2, -0.15) is 0 Å². The zero-order valence-electron chi connectivity index (χ0n) is 41.1. The van der Waals surface area contributed by atoms with Crippen LogP contribution in [-0.2, 0) is 14.0 Å². The van der Waals surface area contributed by atoms with Gasteiger partial charge in [-0.05, 0) is 182 Å². The maximum absolute atomic E-state index is 13.2. The maximum atomic E-state index is 13.2. The molecule has 0 saturated carbocycles. The number of hydrogen-bond acceptors (Lipinski definition) is 8. The van der Waals surface area contributed by atoms with Gasteiger partial charge in [0.2, 0.25) is 11.8 Å². The molecule has 5 N–H and O–H groups in total. The number of unbranched alkanes of at least 4 members (excludes halogenated alkanes) is 2. The lowest BCUT2D eigenvalue weighted by molar-refractivity contribution is -0.137. The summed E-state index contributed by atoms with van der Waals surface area (Å²) in [5.74, 6) is -0.139. The maximum Gasteiger partial charge on any atom is 0.243 e. The fraction of sp³-hybridized carbons (Fsp3) is 0.955. The smallest absolute Gasteiger partial charge is 0.243 e. The molecule has 0 aromatic rings. The second-order valence-corrected chi connectivity index (χ2v) is 41.3. The molecule has 0 aromatic carbocycles. The van der Waals surface area contributed by atoms with Crippen LogP contribution in [0.5, 0.6) is 0 Å². The molecule has 1 fully saturated rings. The molecule has 1 rings (SSSR count). The Labute approximate surface area is 362 Å². The minimum atomic E-state index is -2.26. The summed E-state index contributed by atoms with van der Waals surface area (Å²) in [4.78, 5) is 63.8. The lowest BCUT2D eigenvalue weighted by Crippen LogP contribution is -2.61. The minimum absolute atomic E-state index is 0.0456. The first-order chi connectivity index (χ1) is 26.1. The van der Waals surface area contributed by atoms with E-state index >= 15 is 0 Å². The van der Waals surface area contributed by atoms with Crippen molar-refractivity contribution < 1.29 is 28.4 Å². The zero-order chi connectivity index (χ0) is 45.0. The molecular formula is C44H96N4O6Si4. The van der Waals surface area contributed by atoms with E-state index in [1.54, 1.807) is 0 Å². The fourth-order valence-electron chi connectivity index (χ4n) is 6.92. The Balaban J connectivity index is 2.68. The van der Waals surface area contributed by atoms with E-state index in [-0.39, 0.29) is 32.0 Å². The van der Waals surface area contributed by atoms with E-state index in [1.807, 2.05) is 39.3 Å². The highest BCUT2D eigenvalue weighted by molar-refractivity contribution is 6.74. The van der Waals surface area contributed by atoms with Crippen LogP contribution in [0.3, 0.4) is 0 Å². The van der Waals surface area contributed by atoms with E-state index in [0.29, 0.717) is 19.4 Å². The Hall–Kier alpha value is -0.432. The molecule has 2 atom stereocenters. The first-order valence-electron chi connectivity index (χ1n) is 23.0. The molecule has 0 aliphatic carbocycles. The quantitative estimate of drug-likeness (QED) is 0.0371. The Morgan fingerprint density at radius 2 is 0.793 bits per heavy atom. The molecule has 1 heterocycles. The van der Waals surface area contributed by atoms with Crippen LogP contribution in [0.1, 0.15) is 139 Å². The molecular weight excluding hydrogens is 793 g/mol. The third kappa shape index (κ3) is 18.9. The minimum Gasteiger partial charge on any atom is -0.432 e. The normalized spacial score (nSPS) is 18.3. The number of rotatable bonds is 29. The number of piperazine rings is 1. The number of nitrogens with zero attached hydrogens (tertiary/aromatic N) is 2. The molecule has 1 saturated heterocycles.